The van der Waals surface area contributed by atoms with Crippen LogP contribution in [-0.2, 0) is 5.33 Å². The second-order valence-electron chi connectivity index (χ2n) is 4.36. The Morgan fingerprint density at radius 1 is 1.40 bits per heavy atom. The van der Waals surface area contributed by atoms with Crippen molar-refractivity contribution in [1.29, 1.82) is 0 Å². The largest absolute Gasteiger partial charge is 0.438 e. The fraction of sp³-hybridized carbons (Fsp3) is 0.214. The van der Waals surface area contributed by atoms with Gasteiger partial charge in [0.15, 0.2) is 0 Å². The average molecular weight is 337 g/mol. The van der Waals surface area contributed by atoms with Gasteiger partial charge < -0.3 is 4.74 Å². The van der Waals surface area contributed by atoms with Crippen LogP contribution in [0.5, 0.6) is 11.6 Å². The highest BCUT2D eigenvalue weighted by atomic mass is 79.9. The molecule has 104 valence electrons. The zero-order valence-corrected chi connectivity index (χ0v) is 12.7. The number of hydrogen-bond acceptors (Lipinski definition) is 4. The van der Waals surface area contributed by atoms with Gasteiger partial charge in [-0.25, -0.2) is 4.98 Å². The molecule has 0 N–H and O–H groups in total. The monoisotopic (exact) mass is 336 g/mol. The summed E-state index contributed by atoms with van der Waals surface area (Å²) >= 11 is 3.36. The molecule has 0 radical (unpaired) electrons. The lowest BCUT2D eigenvalue weighted by atomic mass is 10.2. The van der Waals surface area contributed by atoms with Gasteiger partial charge in [0.1, 0.15) is 5.75 Å². The number of aryl methyl sites for hydroxylation is 1. The Bertz CT molecular complexity index is 659. The zero-order chi connectivity index (χ0) is 14.7. The van der Waals surface area contributed by atoms with Crippen LogP contribution in [0.15, 0.2) is 30.5 Å². The molecular weight excluding hydrogens is 324 g/mol. The van der Waals surface area contributed by atoms with E-state index in [0.29, 0.717) is 17.2 Å². The number of rotatable bonds is 4. The van der Waals surface area contributed by atoms with E-state index in [1.165, 1.54) is 6.07 Å². The van der Waals surface area contributed by atoms with Crippen LogP contribution in [0.3, 0.4) is 0 Å². The van der Waals surface area contributed by atoms with E-state index in [9.17, 15) is 10.1 Å². The predicted octanol–water partition coefficient (Wildman–Crippen LogP) is 4.29. The highest BCUT2D eigenvalue weighted by molar-refractivity contribution is 9.08. The van der Waals surface area contributed by atoms with Crippen LogP contribution in [0, 0.1) is 24.0 Å². The smallest absolute Gasteiger partial charge is 0.276 e. The van der Waals surface area contributed by atoms with Gasteiger partial charge in [0.2, 0.25) is 5.88 Å². The van der Waals surface area contributed by atoms with Crippen molar-refractivity contribution in [3.8, 4) is 11.6 Å². The van der Waals surface area contributed by atoms with Crippen LogP contribution in [0.25, 0.3) is 0 Å². The fourth-order valence-electron chi connectivity index (χ4n) is 1.82. The first kappa shape index (κ1) is 14.5. The summed E-state index contributed by atoms with van der Waals surface area (Å²) < 4.78 is 5.70. The summed E-state index contributed by atoms with van der Waals surface area (Å²) in [5, 5.41) is 11.6. The summed E-state index contributed by atoms with van der Waals surface area (Å²) in [4.78, 5) is 14.7. The number of ether oxygens (including phenoxy) is 1. The number of nitrogens with zero attached hydrogens (tertiary/aromatic N) is 2. The molecule has 2 aromatic rings. The normalized spacial score (nSPS) is 10.3. The van der Waals surface area contributed by atoms with Crippen LogP contribution >= 0.6 is 15.9 Å². The maximum Gasteiger partial charge on any atom is 0.276 e. The second-order valence-corrected chi connectivity index (χ2v) is 4.92. The molecule has 0 aliphatic rings. The minimum Gasteiger partial charge on any atom is -0.438 e. The summed E-state index contributed by atoms with van der Waals surface area (Å²) in [5.74, 6) is 0.902. The van der Waals surface area contributed by atoms with Crippen molar-refractivity contribution in [2.24, 2.45) is 0 Å². The van der Waals surface area contributed by atoms with Gasteiger partial charge in [-0.1, -0.05) is 22.0 Å². The lowest BCUT2D eigenvalue weighted by Crippen LogP contribution is -1.97. The van der Waals surface area contributed by atoms with Crippen molar-refractivity contribution < 1.29 is 9.66 Å². The van der Waals surface area contributed by atoms with E-state index in [1.807, 2.05) is 13.0 Å². The molecule has 1 aromatic heterocycles. The number of halogens is 1. The third-order valence-corrected chi connectivity index (χ3v) is 3.55. The van der Waals surface area contributed by atoms with Gasteiger partial charge in [-0.2, -0.15) is 0 Å². The highest BCUT2D eigenvalue weighted by Crippen LogP contribution is 2.31. The van der Waals surface area contributed by atoms with Crippen LogP contribution in [0.1, 0.15) is 16.7 Å². The van der Waals surface area contributed by atoms with Crippen LogP contribution in [-0.4, -0.2) is 9.91 Å². The SMILES string of the molecule is Cc1cc(CBr)cnc1Oc1cccc([N+](=O)[O-])c1C. The molecule has 0 atom stereocenters. The minimum atomic E-state index is -0.420. The van der Waals surface area contributed by atoms with Crippen LogP contribution in [0.4, 0.5) is 5.69 Å². The Morgan fingerprint density at radius 3 is 2.75 bits per heavy atom. The maximum absolute atomic E-state index is 10.9. The number of hydrogen-bond donors (Lipinski definition) is 0. The van der Waals surface area contributed by atoms with Crippen molar-refractivity contribution in [1.82, 2.24) is 4.98 Å². The van der Waals surface area contributed by atoms with Gasteiger partial charge in [0.25, 0.3) is 5.69 Å². The lowest BCUT2D eigenvalue weighted by Gasteiger charge is -2.10. The van der Waals surface area contributed by atoms with E-state index >= 15 is 0 Å². The first-order valence-electron chi connectivity index (χ1n) is 5.96. The number of benzene rings is 1. The third-order valence-electron chi connectivity index (χ3n) is 2.90. The van der Waals surface area contributed by atoms with E-state index < -0.39 is 4.92 Å². The molecular formula is C14H13BrN2O3. The summed E-state index contributed by atoms with van der Waals surface area (Å²) in [6, 6.07) is 6.71. The van der Waals surface area contributed by atoms with Crippen molar-refractivity contribution in [3.63, 3.8) is 0 Å². The highest BCUT2D eigenvalue weighted by Gasteiger charge is 2.15. The Kier molecular flexibility index (Phi) is 4.34. The summed E-state index contributed by atoms with van der Waals surface area (Å²) in [5.41, 5.74) is 2.46. The molecule has 2 rings (SSSR count). The van der Waals surface area contributed by atoms with Gasteiger partial charge >= 0.3 is 0 Å². The van der Waals surface area contributed by atoms with E-state index in [2.05, 4.69) is 20.9 Å². The Hall–Kier alpha value is -1.95. The maximum atomic E-state index is 10.9. The number of nitro groups is 1. The molecule has 6 heteroatoms. The van der Waals surface area contributed by atoms with E-state index in [1.54, 1.807) is 25.3 Å². The van der Waals surface area contributed by atoms with Crippen molar-refractivity contribution in [2.45, 2.75) is 19.2 Å². The molecule has 0 aliphatic heterocycles. The summed E-state index contributed by atoms with van der Waals surface area (Å²) in [6.07, 6.45) is 1.71. The predicted molar refractivity (Wildman–Crippen MR) is 79.5 cm³/mol. The van der Waals surface area contributed by atoms with Crippen molar-refractivity contribution >= 4 is 21.6 Å². The molecule has 1 aromatic carbocycles. The lowest BCUT2D eigenvalue weighted by molar-refractivity contribution is -0.385. The van der Waals surface area contributed by atoms with Gasteiger partial charge in [-0.05, 0) is 31.5 Å². The van der Waals surface area contributed by atoms with Gasteiger partial charge in [0, 0.05) is 23.2 Å². The molecule has 0 fully saturated rings. The van der Waals surface area contributed by atoms with E-state index in [0.717, 1.165) is 16.5 Å². The molecule has 0 unspecified atom stereocenters. The fourth-order valence-corrected chi connectivity index (χ4v) is 2.12. The molecule has 20 heavy (non-hydrogen) atoms. The zero-order valence-electron chi connectivity index (χ0n) is 11.1. The number of alkyl halides is 1. The molecule has 0 saturated carbocycles. The molecule has 0 spiro atoms. The summed E-state index contributed by atoms with van der Waals surface area (Å²) in [7, 11) is 0. The van der Waals surface area contributed by atoms with E-state index in [4.69, 9.17) is 4.74 Å². The second kappa shape index (κ2) is 6.00. The molecule has 0 saturated heterocycles. The number of pyridine rings is 1. The van der Waals surface area contributed by atoms with E-state index in [-0.39, 0.29) is 5.69 Å². The third kappa shape index (κ3) is 2.96. The van der Waals surface area contributed by atoms with Crippen molar-refractivity contribution in [2.75, 3.05) is 0 Å². The summed E-state index contributed by atoms with van der Waals surface area (Å²) in [6.45, 7) is 3.55. The molecule has 1 heterocycles. The van der Waals surface area contributed by atoms with Crippen LogP contribution < -0.4 is 4.74 Å². The average Bonchev–Trinajstić information content (AvgIpc) is 2.42. The molecule has 0 bridgehead atoms. The first-order valence-corrected chi connectivity index (χ1v) is 7.08. The van der Waals surface area contributed by atoms with Gasteiger partial charge in [-0.3, -0.25) is 10.1 Å². The first-order chi connectivity index (χ1) is 9.52. The molecule has 0 aliphatic carbocycles. The molecule has 5 nitrogen and oxygen atoms in total. The van der Waals surface area contributed by atoms with Crippen molar-refractivity contribution in [3.05, 3.63) is 57.3 Å². The van der Waals surface area contributed by atoms with Gasteiger partial charge in [0.05, 0.1) is 10.5 Å². The van der Waals surface area contributed by atoms with Crippen LogP contribution in [0.2, 0.25) is 0 Å². The Labute approximate surface area is 124 Å². The standard InChI is InChI=1S/C14H13BrN2O3/c1-9-6-11(7-15)8-16-14(9)20-13-5-3-4-12(10(13)2)17(18)19/h3-6,8H,7H2,1-2H3. The molecule has 0 amide bonds. The Morgan fingerprint density at radius 2 is 2.15 bits per heavy atom. The number of nitro benzene ring substituents is 1. The van der Waals surface area contributed by atoms with Gasteiger partial charge in [-0.15, -0.1) is 0 Å². The Balaban J connectivity index is 2.35. The quantitative estimate of drug-likeness (QED) is 0.474. The topological polar surface area (TPSA) is 65.3 Å². The minimum absolute atomic E-state index is 0.0391. The number of aromatic nitrogens is 1.